The fourth-order valence-electron chi connectivity index (χ4n) is 1.73. The van der Waals surface area contributed by atoms with Crippen LogP contribution in [0.1, 0.15) is 19.8 Å². The van der Waals surface area contributed by atoms with E-state index in [1.54, 1.807) is 0 Å². The molecule has 4 N–H and O–H groups in total. The molecule has 0 spiro atoms. The quantitative estimate of drug-likeness (QED) is 0.516. The fraction of sp³-hybridized carbons (Fsp3) is 1.00. The molecule has 0 aromatic heterocycles. The van der Waals surface area contributed by atoms with Gasteiger partial charge in [-0.15, -0.1) is 0 Å². The Morgan fingerprint density at radius 1 is 1.64 bits per heavy atom. The molecule has 0 saturated carbocycles. The molecule has 0 amide bonds. The smallest absolute Gasteiger partial charge is 0.0620 e. The third kappa shape index (κ3) is 4.91. The van der Waals surface area contributed by atoms with Crippen molar-refractivity contribution in [3.63, 3.8) is 0 Å². The van der Waals surface area contributed by atoms with E-state index in [0.29, 0.717) is 12.1 Å². The van der Waals surface area contributed by atoms with E-state index in [1.165, 1.54) is 0 Å². The van der Waals surface area contributed by atoms with Crippen LogP contribution < -0.4 is 16.4 Å². The Morgan fingerprint density at radius 2 is 2.50 bits per heavy atom. The molecule has 0 aliphatic carbocycles. The second kappa shape index (κ2) is 7.17. The summed E-state index contributed by atoms with van der Waals surface area (Å²) in [6.45, 7) is 6.69. The normalized spacial score (nSPS) is 24.9. The first-order valence-corrected chi connectivity index (χ1v) is 5.57. The number of hydrogen-bond donors (Lipinski definition) is 3. The zero-order valence-corrected chi connectivity index (χ0v) is 9.09. The van der Waals surface area contributed by atoms with Gasteiger partial charge in [0.1, 0.15) is 0 Å². The molecule has 0 radical (unpaired) electrons. The highest BCUT2D eigenvalue weighted by Gasteiger charge is 2.15. The van der Waals surface area contributed by atoms with Gasteiger partial charge in [-0.1, -0.05) is 0 Å². The van der Waals surface area contributed by atoms with E-state index in [0.717, 1.165) is 45.7 Å². The molecule has 1 heterocycles. The molecular formula is C10H23N3O. The molecule has 84 valence electrons. The summed E-state index contributed by atoms with van der Waals surface area (Å²) < 4.78 is 5.40. The summed E-state index contributed by atoms with van der Waals surface area (Å²) in [4.78, 5) is 0. The standard InChI is InChI=1S/C10H23N3O/c1-9(12-4-2-3-11)7-10-8-14-6-5-13-10/h9-10,12-13H,2-8,11H2,1H3. The van der Waals surface area contributed by atoms with Crippen LogP contribution in [-0.2, 0) is 4.74 Å². The van der Waals surface area contributed by atoms with Gasteiger partial charge in [-0.2, -0.15) is 0 Å². The van der Waals surface area contributed by atoms with E-state index in [9.17, 15) is 0 Å². The lowest BCUT2D eigenvalue weighted by Crippen LogP contribution is -2.45. The maximum atomic E-state index is 5.43. The summed E-state index contributed by atoms with van der Waals surface area (Å²) in [5.41, 5.74) is 5.43. The summed E-state index contributed by atoms with van der Waals surface area (Å²) in [7, 11) is 0. The molecule has 4 nitrogen and oxygen atoms in total. The first-order valence-electron chi connectivity index (χ1n) is 5.57. The molecule has 2 unspecified atom stereocenters. The van der Waals surface area contributed by atoms with Crippen molar-refractivity contribution < 1.29 is 4.74 Å². The maximum Gasteiger partial charge on any atom is 0.0620 e. The van der Waals surface area contributed by atoms with Crippen molar-refractivity contribution in [1.29, 1.82) is 0 Å². The van der Waals surface area contributed by atoms with Gasteiger partial charge in [-0.3, -0.25) is 0 Å². The van der Waals surface area contributed by atoms with Crippen molar-refractivity contribution in [2.45, 2.75) is 31.8 Å². The molecule has 1 aliphatic heterocycles. The molecule has 1 saturated heterocycles. The summed E-state index contributed by atoms with van der Waals surface area (Å²) in [5, 5.41) is 6.91. The van der Waals surface area contributed by atoms with E-state index >= 15 is 0 Å². The number of nitrogens with one attached hydrogen (secondary N) is 2. The Morgan fingerprint density at radius 3 is 3.14 bits per heavy atom. The third-order valence-corrected chi connectivity index (χ3v) is 2.51. The molecule has 1 fully saturated rings. The molecule has 1 rings (SSSR count). The Hall–Kier alpha value is -0.160. The number of ether oxygens (including phenoxy) is 1. The molecule has 2 atom stereocenters. The SMILES string of the molecule is CC(CC1COCCN1)NCCCN. The van der Waals surface area contributed by atoms with Crippen LogP contribution >= 0.6 is 0 Å². The van der Waals surface area contributed by atoms with Gasteiger partial charge in [-0.25, -0.2) is 0 Å². The van der Waals surface area contributed by atoms with Gasteiger partial charge < -0.3 is 21.1 Å². The van der Waals surface area contributed by atoms with E-state index in [-0.39, 0.29) is 0 Å². The summed E-state index contributed by atoms with van der Waals surface area (Å²) >= 11 is 0. The second-order valence-corrected chi connectivity index (χ2v) is 3.96. The number of rotatable bonds is 6. The van der Waals surface area contributed by atoms with E-state index < -0.39 is 0 Å². The van der Waals surface area contributed by atoms with Crippen molar-refractivity contribution in [3.05, 3.63) is 0 Å². The third-order valence-electron chi connectivity index (χ3n) is 2.51. The highest BCUT2D eigenvalue weighted by atomic mass is 16.5. The van der Waals surface area contributed by atoms with E-state index in [1.807, 2.05) is 0 Å². The maximum absolute atomic E-state index is 5.43. The Labute approximate surface area is 86.6 Å². The number of nitrogens with two attached hydrogens (primary N) is 1. The minimum absolute atomic E-state index is 0.518. The van der Waals surface area contributed by atoms with Crippen molar-refractivity contribution in [3.8, 4) is 0 Å². The predicted molar refractivity (Wildman–Crippen MR) is 58.4 cm³/mol. The highest BCUT2D eigenvalue weighted by molar-refractivity contribution is 4.75. The zero-order chi connectivity index (χ0) is 10.2. The van der Waals surface area contributed by atoms with Crippen LogP contribution in [0.25, 0.3) is 0 Å². The van der Waals surface area contributed by atoms with Crippen LogP contribution in [0.4, 0.5) is 0 Å². The Balaban J connectivity index is 2.03. The molecule has 1 aliphatic rings. The molecule has 14 heavy (non-hydrogen) atoms. The average molecular weight is 201 g/mol. The van der Waals surface area contributed by atoms with Gasteiger partial charge in [0.15, 0.2) is 0 Å². The minimum atomic E-state index is 0.518. The van der Waals surface area contributed by atoms with Gasteiger partial charge in [0.2, 0.25) is 0 Å². The van der Waals surface area contributed by atoms with Crippen LogP contribution in [0.2, 0.25) is 0 Å². The minimum Gasteiger partial charge on any atom is -0.379 e. The van der Waals surface area contributed by atoms with E-state index in [2.05, 4.69) is 17.6 Å². The lowest BCUT2D eigenvalue weighted by Gasteiger charge is -2.26. The second-order valence-electron chi connectivity index (χ2n) is 3.96. The summed E-state index contributed by atoms with van der Waals surface area (Å²) in [6.07, 6.45) is 2.18. The summed E-state index contributed by atoms with van der Waals surface area (Å²) in [6, 6.07) is 1.06. The topological polar surface area (TPSA) is 59.3 Å². The number of morpholine rings is 1. The highest BCUT2D eigenvalue weighted by Crippen LogP contribution is 2.02. The Kier molecular flexibility index (Phi) is 6.10. The van der Waals surface area contributed by atoms with Gasteiger partial charge in [0, 0.05) is 18.6 Å². The average Bonchev–Trinajstić information content (AvgIpc) is 2.20. The van der Waals surface area contributed by atoms with Crippen molar-refractivity contribution >= 4 is 0 Å². The number of hydrogen-bond acceptors (Lipinski definition) is 4. The van der Waals surface area contributed by atoms with Crippen molar-refractivity contribution in [2.75, 3.05) is 32.8 Å². The van der Waals surface area contributed by atoms with Gasteiger partial charge >= 0.3 is 0 Å². The molecule has 0 aromatic carbocycles. The first kappa shape index (κ1) is 11.9. The van der Waals surface area contributed by atoms with Crippen LogP contribution in [-0.4, -0.2) is 44.9 Å². The molecular weight excluding hydrogens is 178 g/mol. The lowest BCUT2D eigenvalue weighted by atomic mass is 10.1. The van der Waals surface area contributed by atoms with Crippen molar-refractivity contribution in [1.82, 2.24) is 10.6 Å². The van der Waals surface area contributed by atoms with Crippen LogP contribution in [0, 0.1) is 0 Å². The van der Waals surface area contributed by atoms with Gasteiger partial charge in [-0.05, 0) is 32.9 Å². The van der Waals surface area contributed by atoms with Crippen LogP contribution in [0.5, 0.6) is 0 Å². The van der Waals surface area contributed by atoms with Gasteiger partial charge in [0.05, 0.1) is 13.2 Å². The first-order chi connectivity index (χ1) is 6.83. The van der Waals surface area contributed by atoms with Crippen LogP contribution in [0.15, 0.2) is 0 Å². The van der Waals surface area contributed by atoms with Gasteiger partial charge in [0.25, 0.3) is 0 Å². The molecule has 0 bridgehead atoms. The van der Waals surface area contributed by atoms with E-state index in [4.69, 9.17) is 10.5 Å². The van der Waals surface area contributed by atoms with Crippen LogP contribution in [0.3, 0.4) is 0 Å². The zero-order valence-electron chi connectivity index (χ0n) is 9.09. The monoisotopic (exact) mass is 201 g/mol. The molecule has 4 heteroatoms. The fourth-order valence-corrected chi connectivity index (χ4v) is 1.73. The predicted octanol–water partition coefficient (Wildman–Crippen LogP) is -0.308. The van der Waals surface area contributed by atoms with Crippen molar-refractivity contribution in [2.24, 2.45) is 5.73 Å². The summed E-state index contributed by atoms with van der Waals surface area (Å²) in [5.74, 6) is 0. The largest absolute Gasteiger partial charge is 0.379 e. The molecule has 0 aromatic rings. The Bertz CT molecular complexity index is 137. The lowest BCUT2D eigenvalue weighted by molar-refractivity contribution is 0.0712.